The zero-order valence-electron chi connectivity index (χ0n) is 16.1. The third-order valence-corrected chi connectivity index (χ3v) is 7.45. The minimum atomic E-state index is -3.24. The molecule has 28 heavy (non-hydrogen) atoms. The van der Waals surface area contributed by atoms with Gasteiger partial charge in [-0.25, -0.2) is 8.42 Å². The average Bonchev–Trinajstić information content (AvgIpc) is 3.27. The Bertz CT molecular complexity index is 1030. The minimum absolute atomic E-state index is 0. The van der Waals surface area contributed by atoms with E-state index in [1.54, 1.807) is 24.3 Å². The van der Waals surface area contributed by atoms with Crippen LogP contribution < -0.4 is 0 Å². The summed E-state index contributed by atoms with van der Waals surface area (Å²) in [7, 11) is -1.04. The number of aryl methyl sites for hydroxylation is 1. The molecule has 0 radical (unpaired) electrons. The van der Waals surface area contributed by atoms with Crippen molar-refractivity contribution in [2.24, 2.45) is 0 Å². The van der Waals surface area contributed by atoms with Crippen LogP contribution in [0.15, 0.2) is 59.6 Å². The fourth-order valence-corrected chi connectivity index (χ4v) is 5.36. The average molecular weight is 463 g/mol. The number of likely N-dealkylation sites (tertiary alicyclic amines) is 1. The number of nitrogens with zero attached hydrogens (tertiary/aromatic N) is 1. The van der Waals surface area contributed by atoms with Crippen LogP contribution >= 0.6 is 17.0 Å². The van der Waals surface area contributed by atoms with Crippen molar-refractivity contribution in [2.45, 2.75) is 36.6 Å². The minimum Gasteiger partial charge on any atom is -0.361 e. The third-order valence-electron chi connectivity index (χ3n) is 5.72. The molecule has 150 valence electrons. The van der Waals surface area contributed by atoms with E-state index in [9.17, 15) is 8.42 Å². The summed E-state index contributed by atoms with van der Waals surface area (Å²) in [6, 6.07) is 15.6. The molecule has 1 aliphatic rings. The molecule has 1 atom stereocenters. The molecule has 2 aromatic carbocycles. The molecular formula is C22H27BrN2O2S. The van der Waals surface area contributed by atoms with Gasteiger partial charge in [0.2, 0.25) is 0 Å². The normalized spacial score (nSPS) is 17.7. The monoisotopic (exact) mass is 462 g/mol. The number of hydrogen-bond acceptors (Lipinski definition) is 3. The Labute approximate surface area is 177 Å². The summed E-state index contributed by atoms with van der Waals surface area (Å²) in [5, 5.41) is 1.25. The van der Waals surface area contributed by atoms with Gasteiger partial charge in [0.25, 0.3) is 0 Å². The summed E-state index contributed by atoms with van der Waals surface area (Å²) in [5.41, 5.74) is 3.50. The Morgan fingerprint density at radius 3 is 2.64 bits per heavy atom. The maximum absolute atomic E-state index is 12.5. The van der Waals surface area contributed by atoms with Crippen molar-refractivity contribution in [1.29, 1.82) is 0 Å². The van der Waals surface area contributed by atoms with E-state index in [1.165, 1.54) is 30.3 Å². The number of likely N-dealkylation sites (N-methyl/N-ethyl adjacent to an activating group) is 1. The molecule has 0 aliphatic carbocycles. The Morgan fingerprint density at radius 2 is 1.93 bits per heavy atom. The summed E-state index contributed by atoms with van der Waals surface area (Å²) in [6.45, 7) is 1.19. The predicted octanol–water partition coefficient (Wildman–Crippen LogP) is 4.40. The van der Waals surface area contributed by atoms with Gasteiger partial charge in [0, 0.05) is 23.1 Å². The summed E-state index contributed by atoms with van der Waals surface area (Å²) < 4.78 is 25.0. The molecule has 1 saturated heterocycles. The SMILES string of the molecule is Br.CN1CCC[C@@H]1Cc1c[nH]c2cc(CCS(=O)(=O)c3ccccc3)ccc12. The molecule has 0 saturated carbocycles. The van der Waals surface area contributed by atoms with Crippen molar-refractivity contribution in [1.82, 2.24) is 9.88 Å². The lowest BCUT2D eigenvalue weighted by Gasteiger charge is -2.18. The lowest BCUT2D eigenvalue weighted by atomic mass is 10.0. The number of aromatic amines is 1. The van der Waals surface area contributed by atoms with E-state index in [-0.39, 0.29) is 22.7 Å². The maximum Gasteiger partial charge on any atom is 0.178 e. The first-order valence-corrected chi connectivity index (χ1v) is 11.2. The molecule has 0 amide bonds. The first-order chi connectivity index (χ1) is 13.0. The zero-order chi connectivity index (χ0) is 18.9. The highest BCUT2D eigenvalue weighted by Crippen LogP contribution is 2.25. The molecule has 1 aliphatic heterocycles. The van der Waals surface area contributed by atoms with Crippen molar-refractivity contribution in [3.63, 3.8) is 0 Å². The summed E-state index contributed by atoms with van der Waals surface area (Å²) in [5.74, 6) is 0.128. The molecule has 1 aromatic heterocycles. The highest BCUT2D eigenvalue weighted by Gasteiger charge is 2.22. The number of rotatable bonds is 6. The van der Waals surface area contributed by atoms with Gasteiger partial charge in [-0.1, -0.05) is 30.3 Å². The van der Waals surface area contributed by atoms with E-state index in [4.69, 9.17) is 0 Å². The first kappa shape index (κ1) is 21.1. The Kier molecular flexibility index (Phi) is 6.63. The van der Waals surface area contributed by atoms with Crippen LogP contribution in [0.2, 0.25) is 0 Å². The van der Waals surface area contributed by atoms with Gasteiger partial charge in [0.05, 0.1) is 10.6 Å². The molecule has 0 unspecified atom stereocenters. The Balaban J connectivity index is 0.00000225. The second-order valence-electron chi connectivity index (χ2n) is 7.56. The molecular weight excluding hydrogens is 436 g/mol. The van der Waals surface area contributed by atoms with Gasteiger partial charge < -0.3 is 9.88 Å². The number of fused-ring (bicyclic) bond motifs is 1. The van der Waals surface area contributed by atoms with Gasteiger partial charge in [-0.2, -0.15) is 0 Å². The van der Waals surface area contributed by atoms with Crippen molar-refractivity contribution in [2.75, 3.05) is 19.3 Å². The molecule has 6 heteroatoms. The Morgan fingerprint density at radius 1 is 1.14 bits per heavy atom. The number of benzene rings is 2. The predicted molar refractivity (Wildman–Crippen MR) is 120 cm³/mol. The van der Waals surface area contributed by atoms with Crippen LogP contribution in [0.1, 0.15) is 24.0 Å². The second kappa shape index (κ2) is 8.80. The standard InChI is InChI=1S/C22H26N2O2S.BrH/c1-24-12-5-6-19(24)15-18-16-23-22-14-17(9-10-21(18)22)11-13-27(25,26)20-7-3-2-4-8-20;/h2-4,7-10,14,16,19,23H,5-6,11-13,15H2,1H3;1H/t19-;/m1./s1. The van der Waals surface area contributed by atoms with Crippen LogP contribution in [0.3, 0.4) is 0 Å². The molecule has 1 fully saturated rings. The molecule has 3 aromatic rings. The van der Waals surface area contributed by atoms with E-state index in [0.717, 1.165) is 17.5 Å². The number of nitrogens with one attached hydrogen (secondary N) is 1. The quantitative estimate of drug-likeness (QED) is 0.590. The van der Waals surface area contributed by atoms with E-state index < -0.39 is 9.84 Å². The summed E-state index contributed by atoms with van der Waals surface area (Å²) >= 11 is 0. The first-order valence-electron chi connectivity index (χ1n) is 9.60. The second-order valence-corrected chi connectivity index (χ2v) is 9.67. The van der Waals surface area contributed by atoms with Crippen LogP contribution in [0.25, 0.3) is 10.9 Å². The van der Waals surface area contributed by atoms with Crippen LogP contribution in [-0.4, -0.2) is 43.7 Å². The number of hydrogen-bond donors (Lipinski definition) is 1. The van der Waals surface area contributed by atoms with E-state index in [2.05, 4.69) is 41.3 Å². The van der Waals surface area contributed by atoms with Gasteiger partial charge in [-0.3, -0.25) is 0 Å². The van der Waals surface area contributed by atoms with Crippen molar-refractivity contribution in [3.8, 4) is 0 Å². The number of H-pyrrole nitrogens is 1. The summed E-state index contributed by atoms with van der Waals surface area (Å²) in [6.07, 6.45) is 6.24. The highest BCUT2D eigenvalue weighted by molar-refractivity contribution is 8.93. The molecule has 4 nitrogen and oxygen atoms in total. The van der Waals surface area contributed by atoms with Crippen molar-refractivity contribution < 1.29 is 8.42 Å². The van der Waals surface area contributed by atoms with Gasteiger partial charge in [-0.15, -0.1) is 17.0 Å². The largest absolute Gasteiger partial charge is 0.361 e. The molecule has 1 N–H and O–H groups in total. The van der Waals surface area contributed by atoms with E-state index in [1.807, 2.05) is 6.07 Å². The molecule has 0 spiro atoms. The third kappa shape index (κ3) is 4.50. The van der Waals surface area contributed by atoms with Gasteiger partial charge >= 0.3 is 0 Å². The van der Waals surface area contributed by atoms with Crippen molar-refractivity contribution >= 4 is 37.7 Å². The molecule has 2 heterocycles. The number of sulfone groups is 1. The lowest BCUT2D eigenvalue weighted by Crippen LogP contribution is -2.26. The van der Waals surface area contributed by atoms with Crippen LogP contribution in [0.4, 0.5) is 0 Å². The number of aromatic nitrogens is 1. The fraction of sp³-hybridized carbons (Fsp3) is 0.364. The van der Waals surface area contributed by atoms with E-state index >= 15 is 0 Å². The molecule has 4 rings (SSSR count). The fourth-order valence-electron chi connectivity index (χ4n) is 4.05. The highest BCUT2D eigenvalue weighted by atomic mass is 79.9. The van der Waals surface area contributed by atoms with Gasteiger partial charge in [0.1, 0.15) is 0 Å². The van der Waals surface area contributed by atoms with Gasteiger partial charge in [-0.05, 0) is 68.6 Å². The Hall–Kier alpha value is -1.63. The summed E-state index contributed by atoms with van der Waals surface area (Å²) in [4.78, 5) is 6.22. The van der Waals surface area contributed by atoms with Crippen molar-refractivity contribution in [3.05, 3.63) is 65.9 Å². The zero-order valence-corrected chi connectivity index (χ0v) is 18.6. The number of halogens is 1. The van der Waals surface area contributed by atoms with E-state index in [0.29, 0.717) is 17.4 Å². The smallest absolute Gasteiger partial charge is 0.178 e. The molecule has 0 bridgehead atoms. The van der Waals surface area contributed by atoms with Crippen LogP contribution in [0.5, 0.6) is 0 Å². The lowest BCUT2D eigenvalue weighted by molar-refractivity contribution is 0.310. The maximum atomic E-state index is 12.5. The van der Waals surface area contributed by atoms with Crippen LogP contribution in [-0.2, 0) is 22.7 Å². The van der Waals surface area contributed by atoms with Gasteiger partial charge in [0.15, 0.2) is 9.84 Å². The topological polar surface area (TPSA) is 53.2 Å². The van der Waals surface area contributed by atoms with Crippen LogP contribution in [0, 0.1) is 0 Å².